The maximum Gasteiger partial charge on any atom is 0.348 e. The number of hydrogen-bond acceptors (Lipinski definition) is 6. The molecular weight excluding hydrogens is 467 g/mol. The van der Waals surface area contributed by atoms with Gasteiger partial charge in [0.15, 0.2) is 0 Å². The number of ether oxygens (including phenoxy) is 2. The van der Waals surface area contributed by atoms with E-state index in [4.69, 9.17) is 32.7 Å². The summed E-state index contributed by atoms with van der Waals surface area (Å²) < 4.78 is 37.6. The molecule has 1 amide bonds. The molecule has 2 aromatic rings. The maximum absolute atomic E-state index is 13.2. The van der Waals surface area contributed by atoms with Crippen LogP contribution in [0.2, 0.25) is 10.0 Å². The van der Waals surface area contributed by atoms with Crippen molar-refractivity contribution < 1.29 is 27.5 Å². The number of nitrogens with zero attached hydrogens (tertiary/aromatic N) is 2. The van der Waals surface area contributed by atoms with E-state index in [1.807, 2.05) is 0 Å². The second-order valence-electron chi connectivity index (χ2n) is 6.61. The van der Waals surface area contributed by atoms with Gasteiger partial charge >= 0.3 is 5.97 Å². The number of esters is 1. The zero-order valence-corrected chi connectivity index (χ0v) is 19.1. The third-order valence-electron chi connectivity index (χ3n) is 4.71. The molecular formula is C20H20Cl2N2O6S. The van der Waals surface area contributed by atoms with E-state index >= 15 is 0 Å². The smallest absolute Gasteiger partial charge is 0.348 e. The Kier molecular flexibility index (Phi) is 7.10. The fourth-order valence-electron chi connectivity index (χ4n) is 3.14. The molecule has 0 aromatic heterocycles. The first-order valence-corrected chi connectivity index (χ1v) is 11.5. The Labute approximate surface area is 190 Å². The molecule has 0 bridgehead atoms. The van der Waals surface area contributed by atoms with Crippen LogP contribution in [0.4, 0.5) is 5.69 Å². The molecule has 1 atom stereocenters. The summed E-state index contributed by atoms with van der Waals surface area (Å²) in [6, 6.07) is 10.8. The van der Waals surface area contributed by atoms with Gasteiger partial charge in [-0.2, -0.15) is 4.31 Å². The van der Waals surface area contributed by atoms with Crippen molar-refractivity contribution in [1.29, 1.82) is 0 Å². The molecule has 31 heavy (non-hydrogen) atoms. The van der Waals surface area contributed by atoms with Gasteiger partial charge in [0.25, 0.3) is 0 Å². The Balaban J connectivity index is 1.91. The fourth-order valence-corrected chi connectivity index (χ4v) is 5.28. The Morgan fingerprint density at radius 3 is 2.61 bits per heavy atom. The monoisotopic (exact) mass is 486 g/mol. The lowest BCUT2D eigenvalue weighted by molar-refractivity contribution is -0.148. The average Bonchev–Trinajstić information content (AvgIpc) is 2.77. The average molecular weight is 487 g/mol. The molecule has 8 nitrogen and oxygen atoms in total. The first-order valence-electron chi connectivity index (χ1n) is 9.28. The van der Waals surface area contributed by atoms with Crippen LogP contribution in [0.15, 0.2) is 47.4 Å². The van der Waals surface area contributed by atoms with Gasteiger partial charge in [-0.25, -0.2) is 13.2 Å². The lowest BCUT2D eigenvalue weighted by Crippen LogP contribution is -2.50. The van der Waals surface area contributed by atoms with E-state index < -0.39 is 34.5 Å². The highest BCUT2D eigenvalue weighted by Crippen LogP contribution is 2.34. The van der Waals surface area contributed by atoms with Crippen molar-refractivity contribution in [1.82, 2.24) is 4.31 Å². The van der Waals surface area contributed by atoms with E-state index in [0.717, 1.165) is 4.31 Å². The van der Waals surface area contributed by atoms with Gasteiger partial charge in [0.05, 0.1) is 30.9 Å². The molecule has 166 valence electrons. The Hall–Kier alpha value is -2.33. The Morgan fingerprint density at radius 2 is 1.94 bits per heavy atom. The Bertz CT molecular complexity index is 1110. The summed E-state index contributed by atoms with van der Waals surface area (Å²) >= 11 is 12.0. The predicted octanol–water partition coefficient (Wildman–Crippen LogP) is 2.97. The van der Waals surface area contributed by atoms with Gasteiger partial charge in [-0.1, -0.05) is 42.3 Å². The second kappa shape index (κ2) is 9.44. The molecule has 11 heteroatoms. The zero-order chi connectivity index (χ0) is 22.8. The van der Waals surface area contributed by atoms with Crippen LogP contribution in [0.1, 0.15) is 6.92 Å². The van der Waals surface area contributed by atoms with E-state index in [1.54, 1.807) is 31.2 Å². The fraction of sp³-hybridized carbons (Fsp3) is 0.300. The number of halogens is 2. The van der Waals surface area contributed by atoms with Crippen molar-refractivity contribution in [3.8, 4) is 5.75 Å². The van der Waals surface area contributed by atoms with Crippen molar-refractivity contribution in [2.45, 2.75) is 17.9 Å². The van der Waals surface area contributed by atoms with E-state index in [1.165, 1.54) is 30.2 Å². The highest BCUT2D eigenvalue weighted by atomic mass is 35.5. The predicted molar refractivity (Wildman–Crippen MR) is 116 cm³/mol. The largest absolute Gasteiger partial charge is 0.475 e. The van der Waals surface area contributed by atoms with Crippen molar-refractivity contribution in [2.24, 2.45) is 0 Å². The van der Waals surface area contributed by atoms with Crippen molar-refractivity contribution in [2.75, 3.05) is 31.6 Å². The van der Waals surface area contributed by atoms with Crippen molar-refractivity contribution >= 4 is 50.8 Å². The molecule has 0 saturated heterocycles. The number of benzene rings is 2. The lowest BCUT2D eigenvalue weighted by Gasteiger charge is -2.34. The molecule has 0 spiro atoms. The van der Waals surface area contributed by atoms with Crippen molar-refractivity contribution in [3.05, 3.63) is 52.5 Å². The molecule has 3 rings (SSSR count). The van der Waals surface area contributed by atoms with Gasteiger partial charge in [-0.05, 0) is 30.3 Å². The summed E-state index contributed by atoms with van der Waals surface area (Å²) in [4.78, 5) is 26.3. The number of para-hydroxylation sites is 2. The third kappa shape index (κ3) is 4.79. The van der Waals surface area contributed by atoms with Crippen LogP contribution in [0, 0.1) is 0 Å². The summed E-state index contributed by atoms with van der Waals surface area (Å²) in [6.45, 7) is 1.04. The number of anilines is 1. The lowest BCUT2D eigenvalue weighted by atomic mass is 10.2. The summed E-state index contributed by atoms with van der Waals surface area (Å²) in [5.41, 5.74) is 0.432. The summed E-state index contributed by atoms with van der Waals surface area (Å²) in [6.07, 6.45) is -1.03. The van der Waals surface area contributed by atoms with Crippen LogP contribution >= 0.6 is 23.2 Å². The highest BCUT2D eigenvalue weighted by molar-refractivity contribution is 7.89. The first kappa shape index (κ1) is 23.3. The highest BCUT2D eigenvalue weighted by Gasteiger charge is 2.36. The number of sulfonamides is 1. The minimum atomic E-state index is -4.10. The van der Waals surface area contributed by atoms with Crippen molar-refractivity contribution in [3.63, 3.8) is 0 Å². The number of methoxy groups -OCH3 is 1. The Morgan fingerprint density at radius 1 is 1.23 bits per heavy atom. The first-order chi connectivity index (χ1) is 14.7. The summed E-state index contributed by atoms with van der Waals surface area (Å²) in [5, 5.41) is 0.200. The number of amides is 1. The summed E-state index contributed by atoms with van der Waals surface area (Å²) in [5.74, 6) is -0.854. The number of carbonyl (C=O) groups excluding carboxylic acids is 2. The molecule has 1 heterocycles. The van der Waals surface area contributed by atoms with Crippen LogP contribution in [-0.2, 0) is 24.3 Å². The normalized spacial score (nSPS) is 15.9. The molecule has 0 aliphatic carbocycles. The van der Waals surface area contributed by atoms with Gasteiger partial charge in [0, 0.05) is 11.6 Å². The van der Waals surface area contributed by atoms with Gasteiger partial charge in [-0.3, -0.25) is 4.79 Å². The molecule has 2 aromatic carbocycles. The number of rotatable bonds is 6. The van der Waals surface area contributed by atoms with Gasteiger partial charge < -0.3 is 14.4 Å². The molecule has 0 radical (unpaired) electrons. The second-order valence-corrected chi connectivity index (χ2v) is 9.36. The van der Waals surface area contributed by atoms with Crippen LogP contribution < -0.4 is 9.64 Å². The zero-order valence-electron chi connectivity index (χ0n) is 16.7. The topological polar surface area (TPSA) is 93.2 Å². The number of likely N-dealkylation sites (N-methyl/N-ethyl adjacent to an activating group) is 1. The third-order valence-corrected chi connectivity index (χ3v) is 7.35. The summed E-state index contributed by atoms with van der Waals surface area (Å²) in [7, 11) is -2.88. The number of hydrogen-bond donors (Lipinski definition) is 0. The van der Waals surface area contributed by atoms with Gasteiger partial charge in [0.2, 0.25) is 22.0 Å². The van der Waals surface area contributed by atoms with Crippen LogP contribution in [-0.4, -0.2) is 57.4 Å². The quantitative estimate of drug-likeness (QED) is 0.582. The van der Waals surface area contributed by atoms with Gasteiger partial charge in [0.1, 0.15) is 10.6 Å². The minimum absolute atomic E-state index is 0.00206. The molecule has 0 N–H and O–H groups in total. The maximum atomic E-state index is 13.2. The minimum Gasteiger partial charge on any atom is -0.475 e. The standard InChI is InChI=1S/C20H20Cl2N2O6S/c1-3-23(31(27,28)18-10-13(21)8-9-14(18)22)12-19(25)24-11-17(20(26)29-2)30-16-7-5-4-6-15(16)24/h4-10,17H,3,11-12H2,1-2H3/t17-/m1/s1. The molecule has 1 aliphatic rings. The van der Waals surface area contributed by atoms with E-state index in [2.05, 4.69) is 0 Å². The van der Waals surface area contributed by atoms with Crippen LogP contribution in [0.25, 0.3) is 0 Å². The van der Waals surface area contributed by atoms with Crippen LogP contribution in [0.3, 0.4) is 0 Å². The van der Waals surface area contributed by atoms with E-state index in [-0.39, 0.29) is 28.0 Å². The van der Waals surface area contributed by atoms with Crippen LogP contribution in [0.5, 0.6) is 5.75 Å². The molecule has 0 saturated carbocycles. The number of carbonyl (C=O) groups is 2. The SMILES string of the molecule is CCN(CC(=O)N1C[C@H](C(=O)OC)Oc2ccccc21)S(=O)(=O)c1cc(Cl)ccc1Cl. The molecule has 0 fully saturated rings. The van der Waals surface area contributed by atoms with E-state index in [0.29, 0.717) is 11.4 Å². The van der Waals surface area contributed by atoms with E-state index in [9.17, 15) is 18.0 Å². The number of fused-ring (bicyclic) bond motifs is 1. The van der Waals surface area contributed by atoms with Gasteiger partial charge in [-0.15, -0.1) is 0 Å². The molecule has 1 aliphatic heterocycles. The molecule has 0 unspecified atom stereocenters.